The molecule has 0 amide bonds. The zero-order valence-corrected chi connectivity index (χ0v) is 14.0. The summed E-state index contributed by atoms with van der Waals surface area (Å²) in [5, 5.41) is 3.74. The van der Waals surface area contributed by atoms with Crippen molar-refractivity contribution in [3.8, 4) is 0 Å². The summed E-state index contributed by atoms with van der Waals surface area (Å²) in [5.41, 5.74) is 11.6. The lowest BCUT2D eigenvalue weighted by Crippen LogP contribution is -2.18. The van der Waals surface area contributed by atoms with E-state index < -0.39 is 0 Å². The van der Waals surface area contributed by atoms with Gasteiger partial charge in [-0.15, -0.1) is 0 Å². The molecule has 3 N–H and O–H groups in total. The molecule has 0 saturated heterocycles. The third-order valence-corrected chi connectivity index (χ3v) is 4.59. The van der Waals surface area contributed by atoms with Crippen LogP contribution < -0.4 is 16.0 Å². The van der Waals surface area contributed by atoms with Gasteiger partial charge in [0.15, 0.2) is 0 Å². The Balaban J connectivity index is 1.92. The summed E-state index contributed by atoms with van der Waals surface area (Å²) in [6.45, 7) is 0.730. The van der Waals surface area contributed by atoms with Crippen LogP contribution >= 0.6 is 0 Å². The van der Waals surface area contributed by atoms with Crippen molar-refractivity contribution in [3.05, 3.63) is 102 Å². The van der Waals surface area contributed by atoms with E-state index in [-0.39, 0.29) is 6.04 Å². The van der Waals surface area contributed by atoms with Crippen molar-refractivity contribution < 1.29 is 0 Å². The van der Waals surface area contributed by atoms with E-state index in [9.17, 15) is 0 Å². The second kappa shape index (κ2) is 6.73. The average molecular weight is 327 g/mol. The fourth-order valence-electron chi connectivity index (χ4n) is 3.44. The van der Waals surface area contributed by atoms with Crippen LogP contribution in [0.15, 0.2) is 91.1 Å². The molecule has 1 heterocycles. The number of nitrogens with two attached hydrogens (primary N) is 1. The van der Waals surface area contributed by atoms with Crippen molar-refractivity contribution in [2.45, 2.75) is 6.04 Å². The number of nitrogens with zero attached hydrogens (tertiary/aromatic N) is 1. The molecule has 0 aromatic heterocycles. The van der Waals surface area contributed by atoms with Gasteiger partial charge < -0.3 is 16.0 Å². The van der Waals surface area contributed by atoms with Crippen LogP contribution in [0.4, 0.5) is 17.1 Å². The second-order valence-corrected chi connectivity index (χ2v) is 6.10. The summed E-state index contributed by atoms with van der Waals surface area (Å²) in [6, 6.07) is 27.7. The van der Waals surface area contributed by atoms with Gasteiger partial charge in [-0.2, -0.15) is 0 Å². The number of nitrogens with one attached hydrogen (secondary N) is 1. The molecule has 3 aromatic carbocycles. The lowest BCUT2D eigenvalue weighted by molar-refractivity contribution is 0.944. The molecule has 1 unspecified atom stereocenters. The van der Waals surface area contributed by atoms with Gasteiger partial charge in [0, 0.05) is 17.8 Å². The lowest BCUT2D eigenvalue weighted by Gasteiger charge is -2.25. The Morgan fingerprint density at radius 1 is 0.840 bits per heavy atom. The Hall–Kier alpha value is -3.20. The van der Waals surface area contributed by atoms with Gasteiger partial charge in [-0.25, -0.2) is 0 Å². The van der Waals surface area contributed by atoms with Gasteiger partial charge in [0.05, 0.1) is 17.4 Å². The quantitative estimate of drug-likeness (QED) is 0.725. The topological polar surface area (TPSA) is 41.3 Å². The molecule has 0 fully saturated rings. The second-order valence-electron chi connectivity index (χ2n) is 6.10. The standard InChI is InChI=1S/C22H21N3/c23-15-8-16-25-20-13-6-4-11-18(20)22(17-9-2-1-3-10-17)24-19-12-5-7-14-21(19)25/h1-15,22,24H,16,23H2. The first kappa shape index (κ1) is 15.3. The summed E-state index contributed by atoms with van der Waals surface area (Å²) in [4.78, 5) is 2.31. The fraction of sp³-hybridized carbons (Fsp3) is 0.0909. The van der Waals surface area contributed by atoms with Crippen LogP contribution in [0.25, 0.3) is 0 Å². The maximum atomic E-state index is 5.62. The molecule has 0 spiro atoms. The van der Waals surface area contributed by atoms with E-state index in [0.29, 0.717) is 0 Å². The summed E-state index contributed by atoms with van der Waals surface area (Å²) in [6.07, 6.45) is 3.59. The van der Waals surface area contributed by atoms with Gasteiger partial charge in [-0.05, 0) is 36.0 Å². The fourth-order valence-corrected chi connectivity index (χ4v) is 3.44. The number of para-hydroxylation sites is 3. The first-order valence-electron chi connectivity index (χ1n) is 8.52. The summed E-state index contributed by atoms with van der Waals surface area (Å²) in [5.74, 6) is 0. The number of hydrogen-bond acceptors (Lipinski definition) is 3. The average Bonchev–Trinajstić information content (AvgIpc) is 2.82. The van der Waals surface area contributed by atoms with E-state index in [1.54, 1.807) is 6.20 Å². The van der Waals surface area contributed by atoms with E-state index in [0.717, 1.165) is 17.9 Å². The maximum absolute atomic E-state index is 5.62. The molecule has 124 valence electrons. The van der Waals surface area contributed by atoms with Crippen molar-refractivity contribution >= 4 is 17.1 Å². The molecule has 1 aliphatic heterocycles. The Morgan fingerprint density at radius 3 is 2.32 bits per heavy atom. The van der Waals surface area contributed by atoms with Crippen LogP contribution in [0.3, 0.4) is 0 Å². The highest BCUT2D eigenvalue weighted by Crippen LogP contribution is 2.43. The van der Waals surface area contributed by atoms with E-state index in [1.807, 2.05) is 6.08 Å². The molecule has 3 nitrogen and oxygen atoms in total. The normalized spacial score (nSPS) is 16.0. The summed E-state index contributed by atoms with van der Waals surface area (Å²) >= 11 is 0. The molecule has 0 radical (unpaired) electrons. The van der Waals surface area contributed by atoms with Crippen molar-refractivity contribution in [3.63, 3.8) is 0 Å². The minimum Gasteiger partial charge on any atom is -0.405 e. The molecule has 0 aliphatic carbocycles. The predicted molar refractivity (Wildman–Crippen MR) is 105 cm³/mol. The first-order chi connectivity index (χ1) is 12.4. The van der Waals surface area contributed by atoms with Gasteiger partial charge in [0.1, 0.15) is 0 Å². The minimum absolute atomic E-state index is 0.102. The molecule has 0 bridgehead atoms. The van der Waals surface area contributed by atoms with E-state index >= 15 is 0 Å². The van der Waals surface area contributed by atoms with Crippen molar-refractivity contribution in [1.82, 2.24) is 0 Å². The summed E-state index contributed by atoms with van der Waals surface area (Å²) in [7, 11) is 0. The molecule has 3 heteroatoms. The Labute approximate surface area is 148 Å². The van der Waals surface area contributed by atoms with Crippen LogP contribution in [-0.2, 0) is 0 Å². The maximum Gasteiger partial charge on any atom is 0.0788 e. The molecule has 25 heavy (non-hydrogen) atoms. The van der Waals surface area contributed by atoms with Crippen LogP contribution in [0.5, 0.6) is 0 Å². The molecular weight excluding hydrogens is 306 g/mol. The van der Waals surface area contributed by atoms with Crippen molar-refractivity contribution in [2.75, 3.05) is 16.8 Å². The van der Waals surface area contributed by atoms with Crippen LogP contribution in [-0.4, -0.2) is 6.54 Å². The molecule has 0 saturated carbocycles. The number of rotatable bonds is 3. The molecule has 1 atom stereocenters. The first-order valence-corrected chi connectivity index (χ1v) is 8.52. The summed E-state index contributed by atoms with van der Waals surface area (Å²) < 4.78 is 0. The van der Waals surface area contributed by atoms with Gasteiger partial charge >= 0.3 is 0 Å². The zero-order chi connectivity index (χ0) is 17.1. The largest absolute Gasteiger partial charge is 0.405 e. The van der Waals surface area contributed by atoms with Crippen molar-refractivity contribution in [1.29, 1.82) is 0 Å². The van der Waals surface area contributed by atoms with Crippen molar-refractivity contribution in [2.24, 2.45) is 5.73 Å². The van der Waals surface area contributed by atoms with Gasteiger partial charge in [-0.1, -0.05) is 60.7 Å². The van der Waals surface area contributed by atoms with Gasteiger partial charge in [0.25, 0.3) is 0 Å². The number of anilines is 3. The highest BCUT2D eigenvalue weighted by molar-refractivity contribution is 5.82. The Bertz CT molecular complexity index is 887. The van der Waals surface area contributed by atoms with Crippen LogP contribution in [0, 0.1) is 0 Å². The van der Waals surface area contributed by atoms with Gasteiger partial charge in [-0.3, -0.25) is 0 Å². The van der Waals surface area contributed by atoms with E-state index in [4.69, 9.17) is 5.73 Å². The SMILES string of the molecule is NC=CCN1c2ccccc2NC(c2ccccc2)c2ccccc21. The van der Waals surface area contributed by atoms with Crippen LogP contribution in [0.1, 0.15) is 17.2 Å². The number of fused-ring (bicyclic) bond motifs is 2. The molecule has 3 aromatic rings. The zero-order valence-electron chi connectivity index (χ0n) is 14.0. The lowest BCUT2D eigenvalue weighted by atomic mass is 9.97. The van der Waals surface area contributed by atoms with Gasteiger partial charge in [0.2, 0.25) is 0 Å². The number of benzene rings is 3. The van der Waals surface area contributed by atoms with E-state index in [2.05, 4.69) is 89.1 Å². The molecular formula is C22H21N3. The third-order valence-electron chi connectivity index (χ3n) is 4.59. The minimum atomic E-state index is 0.102. The predicted octanol–water partition coefficient (Wildman–Crippen LogP) is 4.81. The molecule has 1 aliphatic rings. The number of hydrogen-bond donors (Lipinski definition) is 2. The highest BCUT2D eigenvalue weighted by Gasteiger charge is 2.26. The Morgan fingerprint density at radius 2 is 1.52 bits per heavy atom. The molecule has 4 rings (SSSR count). The van der Waals surface area contributed by atoms with Crippen LogP contribution in [0.2, 0.25) is 0 Å². The van der Waals surface area contributed by atoms with E-state index in [1.165, 1.54) is 16.8 Å². The smallest absolute Gasteiger partial charge is 0.0788 e. The highest BCUT2D eigenvalue weighted by atomic mass is 15.2. The third kappa shape index (κ3) is 2.85. The monoisotopic (exact) mass is 327 g/mol. The Kier molecular flexibility index (Phi) is 4.13.